The maximum absolute atomic E-state index is 9.16. The first-order chi connectivity index (χ1) is 11.1. The molecule has 0 bridgehead atoms. The fourth-order valence-electron chi connectivity index (χ4n) is 3.59. The van der Waals surface area contributed by atoms with Crippen LogP contribution in [0.3, 0.4) is 0 Å². The number of likely N-dealkylation sites (tertiary alicyclic amines) is 1. The molecule has 1 N–H and O–H groups in total. The van der Waals surface area contributed by atoms with Gasteiger partial charge in [0.05, 0.1) is 18.8 Å². The normalized spacial score (nSPS) is 18.7. The van der Waals surface area contributed by atoms with Crippen LogP contribution in [-0.4, -0.2) is 32.9 Å². The summed E-state index contributed by atoms with van der Waals surface area (Å²) in [5.41, 5.74) is 4.71. The predicted octanol–water partition coefficient (Wildman–Crippen LogP) is 3.48. The second-order valence-electron chi connectivity index (χ2n) is 6.25. The molecule has 0 radical (unpaired) electrons. The van der Waals surface area contributed by atoms with Crippen molar-refractivity contribution >= 4 is 11.6 Å². The van der Waals surface area contributed by atoms with E-state index in [2.05, 4.69) is 36.0 Å². The van der Waals surface area contributed by atoms with E-state index in [4.69, 9.17) is 16.7 Å². The lowest BCUT2D eigenvalue weighted by atomic mass is 10.0. The lowest BCUT2D eigenvalue weighted by Gasteiger charge is -2.25. The number of aromatic nitrogens is 2. The Bertz CT molecular complexity index is 683. The highest BCUT2D eigenvalue weighted by molar-refractivity contribution is 6.31. The summed E-state index contributed by atoms with van der Waals surface area (Å²) >= 11 is 6.41. The van der Waals surface area contributed by atoms with Crippen LogP contribution in [0.5, 0.6) is 0 Å². The third kappa shape index (κ3) is 3.30. The summed E-state index contributed by atoms with van der Waals surface area (Å²) in [7, 11) is 0. The first kappa shape index (κ1) is 16.5. The standard InChI is InChI=1S/C18H24ClN3O/c1-13-16(14(2)22(20-13)10-11-23)12-21-9-5-8-18(21)15-6-3-4-7-17(15)19/h3-4,6-7,18,23H,5,8-12H2,1-2H3. The predicted molar refractivity (Wildman–Crippen MR) is 92.6 cm³/mol. The van der Waals surface area contributed by atoms with Gasteiger partial charge in [0.15, 0.2) is 0 Å². The molecule has 1 saturated heterocycles. The molecule has 1 atom stereocenters. The molecule has 0 aliphatic carbocycles. The number of aliphatic hydroxyl groups excluding tert-OH is 1. The third-order valence-corrected chi connectivity index (χ3v) is 5.18. The average molecular weight is 334 g/mol. The van der Waals surface area contributed by atoms with E-state index in [0.29, 0.717) is 12.6 Å². The largest absolute Gasteiger partial charge is 0.394 e. The van der Waals surface area contributed by atoms with Crippen LogP contribution in [0.4, 0.5) is 0 Å². The van der Waals surface area contributed by atoms with E-state index in [9.17, 15) is 0 Å². The van der Waals surface area contributed by atoms with Crippen LogP contribution in [-0.2, 0) is 13.1 Å². The molecule has 1 fully saturated rings. The van der Waals surface area contributed by atoms with Gasteiger partial charge < -0.3 is 5.11 Å². The van der Waals surface area contributed by atoms with Gasteiger partial charge in [0.1, 0.15) is 0 Å². The minimum Gasteiger partial charge on any atom is -0.394 e. The van der Waals surface area contributed by atoms with Gasteiger partial charge in [0, 0.05) is 28.9 Å². The van der Waals surface area contributed by atoms with Gasteiger partial charge in [-0.25, -0.2) is 0 Å². The number of halogens is 1. The minimum absolute atomic E-state index is 0.118. The van der Waals surface area contributed by atoms with Crippen LogP contribution in [0.1, 0.15) is 41.4 Å². The number of aliphatic hydroxyl groups is 1. The molecule has 1 aliphatic rings. The zero-order valence-electron chi connectivity index (χ0n) is 13.8. The Hall–Kier alpha value is -1.36. The van der Waals surface area contributed by atoms with E-state index in [-0.39, 0.29) is 6.61 Å². The van der Waals surface area contributed by atoms with Crippen molar-refractivity contribution in [3.05, 3.63) is 51.8 Å². The number of rotatable bonds is 5. The smallest absolute Gasteiger partial charge is 0.0644 e. The van der Waals surface area contributed by atoms with Gasteiger partial charge in [-0.2, -0.15) is 5.10 Å². The fraction of sp³-hybridized carbons (Fsp3) is 0.500. The van der Waals surface area contributed by atoms with Gasteiger partial charge in [-0.05, 0) is 44.9 Å². The van der Waals surface area contributed by atoms with Crippen molar-refractivity contribution in [1.82, 2.24) is 14.7 Å². The molecule has 2 aromatic rings. The van der Waals surface area contributed by atoms with Gasteiger partial charge in [0.2, 0.25) is 0 Å². The van der Waals surface area contributed by atoms with Crippen LogP contribution in [0.25, 0.3) is 0 Å². The van der Waals surface area contributed by atoms with Gasteiger partial charge >= 0.3 is 0 Å². The lowest BCUT2D eigenvalue weighted by molar-refractivity contribution is 0.247. The van der Waals surface area contributed by atoms with E-state index >= 15 is 0 Å². The quantitative estimate of drug-likeness (QED) is 0.910. The average Bonchev–Trinajstić information content (AvgIpc) is 3.09. The summed E-state index contributed by atoms with van der Waals surface area (Å²) in [6, 6.07) is 8.54. The van der Waals surface area contributed by atoms with Crippen LogP contribution in [0, 0.1) is 13.8 Å². The van der Waals surface area contributed by atoms with Crippen molar-refractivity contribution in [2.45, 2.75) is 45.8 Å². The maximum atomic E-state index is 9.16. The Labute approximate surface area is 142 Å². The summed E-state index contributed by atoms with van der Waals surface area (Å²) < 4.78 is 1.91. The molecule has 1 aliphatic heterocycles. The molecule has 23 heavy (non-hydrogen) atoms. The second-order valence-corrected chi connectivity index (χ2v) is 6.65. The Morgan fingerprint density at radius 2 is 2.09 bits per heavy atom. The Balaban J connectivity index is 1.84. The topological polar surface area (TPSA) is 41.3 Å². The van der Waals surface area contributed by atoms with E-state index in [1.807, 2.05) is 16.8 Å². The van der Waals surface area contributed by atoms with E-state index in [1.165, 1.54) is 17.5 Å². The molecular weight excluding hydrogens is 310 g/mol. The summed E-state index contributed by atoms with van der Waals surface area (Å²) in [6.07, 6.45) is 2.34. The van der Waals surface area contributed by atoms with Crippen molar-refractivity contribution < 1.29 is 5.11 Å². The first-order valence-corrected chi connectivity index (χ1v) is 8.62. The molecule has 0 spiro atoms. The molecular formula is C18H24ClN3O. The highest BCUT2D eigenvalue weighted by Crippen LogP contribution is 2.37. The molecule has 5 heteroatoms. The molecule has 0 amide bonds. The molecule has 3 rings (SSSR count). The number of hydrogen-bond donors (Lipinski definition) is 1. The maximum Gasteiger partial charge on any atom is 0.0644 e. The molecule has 124 valence electrons. The van der Waals surface area contributed by atoms with Crippen LogP contribution in [0.15, 0.2) is 24.3 Å². The molecule has 2 heterocycles. The number of hydrogen-bond acceptors (Lipinski definition) is 3. The van der Waals surface area contributed by atoms with Crippen LogP contribution in [0.2, 0.25) is 5.02 Å². The zero-order chi connectivity index (χ0) is 16.4. The first-order valence-electron chi connectivity index (χ1n) is 8.24. The molecule has 1 unspecified atom stereocenters. The number of nitrogens with zero attached hydrogens (tertiary/aromatic N) is 3. The Morgan fingerprint density at radius 1 is 1.30 bits per heavy atom. The highest BCUT2D eigenvalue weighted by Gasteiger charge is 2.28. The van der Waals surface area contributed by atoms with Crippen molar-refractivity contribution in [2.75, 3.05) is 13.2 Å². The van der Waals surface area contributed by atoms with Gasteiger partial charge in [0.25, 0.3) is 0 Å². The third-order valence-electron chi connectivity index (χ3n) is 4.83. The number of aryl methyl sites for hydroxylation is 1. The Kier molecular flexibility index (Phi) is 5.05. The van der Waals surface area contributed by atoms with Crippen LogP contribution >= 0.6 is 11.6 Å². The number of benzene rings is 1. The van der Waals surface area contributed by atoms with E-state index in [1.54, 1.807) is 0 Å². The van der Waals surface area contributed by atoms with Gasteiger partial charge in [-0.3, -0.25) is 9.58 Å². The SMILES string of the molecule is Cc1nn(CCO)c(C)c1CN1CCCC1c1ccccc1Cl. The monoisotopic (exact) mass is 333 g/mol. The molecule has 4 nitrogen and oxygen atoms in total. The lowest BCUT2D eigenvalue weighted by Crippen LogP contribution is -2.23. The minimum atomic E-state index is 0.118. The van der Waals surface area contributed by atoms with Crippen LogP contribution < -0.4 is 0 Å². The van der Waals surface area contributed by atoms with Crippen molar-refractivity contribution in [1.29, 1.82) is 0 Å². The van der Waals surface area contributed by atoms with E-state index < -0.39 is 0 Å². The van der Waals surface area contributed by atoms with Gasteiger partial charge in [-0.15, -0.1) is 0 Å². The second kappa shape index (κ2) is 7.04. The molecule has 1 aromatic heterocycles. The summed E-state index contributed by atoms with van der Waals surface area (Å²) in [6.45, 7) is 6.79. The van der Waals surface area contributed by atoms with Crippen molar-refractivity contribution in [3.63, 3.8) is 0 Å². The van der Waals surface area contributed by atoms with Crippen molar-refractivity contribution in [2.24, 2.45) is 0 Å². The summed E-state index contributed by atoms with van der Waals surface area (Å²) in [5.74, 6) is 0. The Morgan fingerprint density at radius 3 is 2.83 bits per heavy atom. The van der Waals surface area contributed by atoms with Gasteiger partial charge in [-0.1, -0.05) is 29.8 Å². The molecule has 0 saturated carbocycles. The zero-order valence-corrected chi connectivity index (χ0v) is 14.6. The summed E-state index contributed by atoms with van der Waals surface area (Å²) in [5, 5.41) is 14.6. The molecule has 1 aromatic carbocycles. The highest BCUT2D eigenvalue weighted by atomic mass is 35.5. The van der Waals surface area contributed by atoms with Crippen molar-refractivity contribution in [3.8, 4) is 0 Å². The fourth-order valence-corrected chi connectivity index (χ4v) is 3.85. The summed E-state index contributed by atoms with van der Waals surface area (Å²) in [4.78, 5) is 2.50. The van der Waals surface area contributed by atoms with E-state index in [0.717, 1.165) is 35.9 Å².